The lowest BCUT2D eigenvalue weighted by Crippen LogP contribution is -2.40. The molecule has 1 aliphatic rings. The molecule has 4 aromatic rings. The van der Waals surface area contributed by atoms with E-state index in [1.807, 2.05) is 34.9 Å². The van der Waals surface area contributed by atoms with E-state index in [9.17, 15) is 8.42 Å². The summed E-state index contributed by atoms with van der Waals surface area (Å²) in [5.41, 5.74) is 10.6. The molecule has 0 atom stereocenters. The Morgan fingerprint density at radius 3 is 2.38 bits per heavy atom. The van der Waals surface area contributed by atoms with Crippen molar-refractivity contribution in [2.24, 2.45) is 0 Å². The summed E-state index contributed by atoms with van der Waals surface area (Å²) in [6.07, 6.45) is 1.61. The van der Waals surface area contributed by atoms with Crippen LogP contribution in [0.4, 0.5) is 11.6 Å². The summed E-state index contributed by atoms with van der Waals surface area (Å²) in [4.78, 5) is 11.2. The van der Waals surface area contributed by atoms with E-state index in [1.54, 1.807) is 40.0 Å². The van der Waals surface area contributed by atoms with E-state index < -0.39 is 15.6 Å². The molecule has 11 heteroatoms. The molecular weight excluding hydrogens is 516 g/mol. The molecule has 0 radical (unpaired) electrons. The van der Waals surface area contributed by atoms with Gasteiger partial charge in [-0.05, 0) is 75.7 Å². The zero-order chi connectivity index (χ0) is 27.8. The van der Waals surface area contributed by atoms with Crippen LogP contribution in [-0.4, -0.2) is 61.4 Å². The number of nitrogens with zero attached hydrogens (tertiary/aromatic N) is 4. The van der Waals surface area contributed by atoms with E-state index >= 15 is 0 Å². The zero-order valence-corrected chi connectivity index (χ0v) is 23.5. The number of anilines is 2. The van der Waals surface area contributed by atoms with Gasteiger partial charge in [-0.25, -0.2) is 23.1 Å². The molecule has 0 bridgehead atoms. The number of nitrogens with two attached hydrogens (primary N) is 1. The average Bonchev–Trinajstić information content (AvgIpc) is 3.23. The van der Waals surface area contributed by atoms with Crippen LogP contribution >= 0.6 is 0 Å². The second kappa shape index (κ2) is 10.5. The van der Waals surface area contributed by atoms with Gasteiger partial charge >= 0.3 is 0 Å². The molecule has 0 aliphatic carbocycles. The molecule has 0 saturated carbocycles. The first-order valence-electron chi connectivity index (χ1n) is 12.9. The van der Waals surface area contributed by atoms with Crippen LogP contribution in [0.15, 0.2) is 59.6 Å². The Hall–Kier alpha value is -3.67. The van der Waals surface area contributed by atoms with Gasteiger partial charge in [0.2, 0.25) is 21.9 Å². The lowest BCUT2D eigenvalue weighted by Gasteiger charge is -2.29. The molecule has 2 aromatic carbocycles. The van der Waals surface area contributed by atoms with Crippen LogP contribution in [0.25, 0.3) is 27.8 Å². The minimum atomic E-state index is -3.89. The first-order chi connectivity index (χ1) is 18.6. The van der Waals surface area contributed by atoms with Crippen molar-refractivity contribution in [3.05, 3.63) is 54.7 Å². The van der Waals surface area contributed by atoms with E-state index in [0.29, 0.717) is 18.1 Å². The van der Waals surface area contributed by atoms with Crippen molar-refractivity contribution >= 4 is 32.7 Å². The Bertz CT molecular complexity index is 1590. The molecule has 10 nitrogen and oxygen atoms in total. The maximum absolute atomic E-state index is 13.3. The molecule has 0 spiro atoms. The van der Waals surface area contributed by atoms with Gasteiger partial charge in [-0.3, -0.25) is 4.57 Å². The van der Waals surface area contributed by atoms with E-state index in [1.165, 1.54) is 0 Å². The van der Waals surface area contributed by atoms with Crippen molar-refractivity contribution in [3.8, 4) is 22.7 Å². The van der Waals surface area contributed by atoms with Crippen molar-refractivity contribution in [1.29, 1.82) is 0 Å². The van der Waals surface area contributed by atoms with Crippen LogP contribution in [-0.2, 0) is 14.8 Å². The number of nitrogens with one attached hydrogen (secondary N) is 1. The molecule has 39 heavy (non-hydrogen) atoms. The number of rotatable bonds is 7. The number of morpholine rings is 1. The van der Waals surface area contributed by atoms with Crippen molar-refractivity contribution in [2.75, 3.05) is 43.5 Å². The SMILES string of the molecule is CCOc1ncc(-c2ccc3nc(N)n(-c4ccc(N5CCOCC5)cc4)c3c2)cc1S(=O)(=O)NC(C)(C)C. The number of fused-ring (bicyclic) bond motifs is 1. The number of pyridine rings is 1. The highest BCUT2D eigenvalue weighted by Gasteiger charge is 2.27. The average molecular weight is 551 g/mol. The molecular formula is C28H34N6O4S. The second-order valence-electron chi connectivity index (χ2n) is 10.4. The number of benzene rings is 2. The zero-order valence-electron chi connectivity index (χ0n) is 22.6. The summed E-state index contributed by atoms with van der Waals surface area (Å²) in [6.45, 7) is 10.6. The van der Waals surface area contributed by atoms with Gasteiger partial charge in [-0.1, -0.05) is 6.07 Å². The largest absolute Gasteiger partial charge is 0.477 e. The van der Waals surface area contributed by atoms with Crippen molar-refractivity contribution in [1.82, 2.24) is 19.3 Å². The highest BCUT2D eigenvalue weighted by Crippen LogP contribution is 2.32. The molecule has 1 aliphatic heterocycles. The van der Waals surface area contributed by atoms with Crippen LogP contribution in [0.1, 0.15) is 27.7 Å². The molecule has 206 valence electrons. The molecule has 3 N–H and O–H groups in total. The monoisotopic (exact) mass is 550 g/mol. The second-order valence-corrected chi connectivity index (χ2v) is 12.1. The molecule has 1 saturated heterocycles. The minimum absolute atomic E-state index is 0.0106. The van der Waals surface area contributed by atoms with Crippen molar-refractivity contribution in [3.63, 3.8) is 0 Å². The highest BCUT2D eigenvalue weighted by molar-refractivity contribution is 7.89. The molecule has 1 fully saturated rings. The van der Waals surface area contributed by atoms with Gasteiger partial charge in [0.05, 0.1) is 30.9 Å². The van der Waals surface area contributed by atoms with Crippen molar-refractivity contribution in [2.45, 2.75) is 38.1 Å². The summed E-state index contributed by atoms with van der Waals surface area (Å²) in [5.74, 6) is 0.428. The Balaban J connectivity index is 1.55. The number of sulfonamides is 1. The summed E-state index contributed by atoms with van der Waals surface area (Å²) < 4.78 is 42.1. The number of hydrogen-bond donors (Lipinski definition) is 2. The highest BCUT2D eigenvalue weighted by atomic mass is 32.2. The quantitative estimate of drug-likeness (QED) is 0.354. The Labute approximate surface area is 228 Å². The Kier molecular flexibility index (Phi) is 7.23. The third-order valence-corrected chi connectivity index (χ3v) is 8.08. The van der Waals surface area contributed by atoms with Crippen LogP contribution in [0, 0.1) is 0 Å². The first-order valence-corrected chi connectivity index (χ1v) is 14.4. The van der Waals surface area contributed by atoms with Gasteiger partial charge in [0, 0.05) is 41.8 Å². The van der Waals surface area contributed by atoms with Gasteiger partial charge in [-0.15, -0.1) is 0 Å². The fraction of sp³-hybridized carbons (Fsp3) is 0.357. The third-order valence-electron chi connectivity index (χ3n) is 6.33. The number of imidazole rings is 1. The van der Waals surface area contributed by atoms with Crippen LogP contribution < -0.4 is 20.1 Å². The summed E-state index contributed by atoms with van der Waals surface area (Å²) in [7, 11) is -3.89. The lowest BCUT2D eigenvalue weighted by atomic mass is 10.1. The fourth-order valence-corrected chi connectivity index (χ4v) is 6.20. The molecule has 2 aromatic heterocycles. The maximum atomic E-state index is 13.3. The van der Waals surface area contributed by atoms with Gasteiger partial charge in [0.1, 0.15) is 4.90 Å². The predicted molar refractivity (Wildman–Crippen MR) is 153 cm³/mol. The van der Waals surface area contributed by atoms with E-state index in [0.717, 1.165) is 54.3 Å². The van der Waals surface area contributed by atoms with E-state index in [2.05, 4.69) is 31.7 Å². The summed E-state index contributed by atoms with van der Waals surface area (Å²) in [6, 6.07) is 15.5. The predicted octanol–water partition coefficient (Wildman–Crippen LogP) is 3.98. The summed E-state index contributed by atoms with van der Waals surface area (Å²) in [5, 5.41) is 0. The first kappa shape index (κ1) is 26.9. The molecule has 0 unspecified atom stereocenters. The number of ether oxygens (including phenoxy) is 2. The van der Waals surface area contributed by atoms with Gasteiger partial charge < -0.3 is 20.1 Å². The lowest BCUT2D eigenvalue weighted by molar-refractivity contribution is 0.122. The van der Waals surface area contributed by atoms with E-state index in [4.69, 9.17) is 15.2 Å². The van der Waals surface area contributed by atoms with E-state index in [-0.39, 0.29) is 10.8 Å². The molecule has 3 heterocycles. The van der Waals surface area contributed by atoms with Crippen LogP contribution in [0.2, 0.25) is 0 Å². The Morgan fingerprint density at radius 1 is 1.03 bits per heavy atom. The van der Waals surface area contributed by atoms with Crippen molar-refractivity contribution < 1.29 is 17.9 Å². The molecule has 5 rings (SSSR count). The topological polar surface area (TPSA) is 125 Å². The molecule has 0 amide bonds. The van der Waals surface area contributed by atoms with Crippen LogP contribution in [0.5, 0.6) is 5.88 Å². The minimum Gasteiger partial charge on any atom is -0.477 e. The van der Waals surface area contributed by atoms with Crippen LogP contribution in [0.3, 0.4) is 0 Å². The number of nitrogen functional groups attached to an aromatic ring is 1. The maximum Gasteiger partial charge on any atom is 0.246 e. The standard InChI is InChI=1S/C28H34N6O4S/c1-5-38-26-25(39(35,36)32-28(2,3)4)17-20(18-30-26)19-6-11-23-24(16-19)34(27(29)31-23)22-9-7-21(8-10-22)33-12-14-37-15-13-33/h6-11,16-18,32H,5,12-15H2,1-4H3,(H2,29,31). The van der Waals surface area contributed by atoms with Gasteiger partial charge in [-0.2, -0.15) is 0 Å². The summed E-state index contributed by atoms with van der Waals surface area (Å²) >= 11 is 0. The number of aromatic nitrogens is 3. The third kappa shape index (κ3) is 5.70. The fourth-order valence-electron chi connectivity index (χ4n) is 4.66. The van der Waals surface area contributed by atoms with Gasteiger partial charge in [0.15, 0.2) is 0 Å². The normalized spacial score (nSPS) is 14.6. The smallest absolute Gasteiger partial charge is 0.246 e. The number of hydrogen-bond acceptors (Lipinski definition) is 8. The van der Waals surface area contributed by atoms with Gasteiger partial charge in [0.25, 0.3) is 0 Å². The Morgan fingerprint density at radius 2 is 1.72 bits per heavy atom.